The summed E-state index contributed by atoms with van der Waals surface area (Å²) in [5.74, 6) is -0.849. The predicted octanol–water partition coefficient (Wildman–Crippen LogP) is 6.15. The Labute approximate surface area is 198 Å². The van der Waals surface area contributed by atoms with E-state index in [9.17, 15) is 14.4 Å². The first-order chi connectivity index (χ1) is 16.0. The summed E-state index contributed by atoms with van der Waals surface area (Å²) < 4.78 is 5.36. The van der Waals surface area contributed by atoms with Crippen LogP contribution in [0, 0.1) is 0 Å². The van der Waals surface area contributed by atoms with E-state index in [0.29, 0.717) is 24.1 Å². The number of hydrogen-bond acceptors (Lipinski definition) is 5. The molecule has 0 bridgehead atoms. The smallest absolute Gasteiger partial charge is 0.306 e. The highest BCUT2D eigenvalue weighted by molar-refractivity contribution is 7.99. The van der Waals surface area contributed by atoms with Crippen molar-refractivity contribution in [3.05, 3.63) is 90.5 Å². The van der Waals surface area contributed by atoms with Gasteiger partial charge in [0.15, 0.2) is 6.10 Å². The molecule has 33 heavy (non-hydrogen) atoms. The number of carbonyl (C=O) groups excluding carboxylic acids is 3. The molecule has 1 unspecified atom stereocenters. The molecule has 0 aliphatic rings. The van der Waals surface area contributed by atoms with Crippen LogP contribution in [0.25, 0.3) is 0 Å². The molecule has 5 nitrogen and oxygen atoms in total. The Hall–Kier alpha value is -3.38. The lowest BCUT2D eigenvalue weighted by Gasteiger charge is -2.15. The zero-order chi connectivity index (χ0) is 23.5. The van der Waals surface area contributed by atoms with Crippen LogP contribution in [0.3, 0.4) is 0 Å². The molecule has 0 aromatic heterocycles. The van der Waals surface area contributed by atoms with Crippen molar-refractivity contribution in [1.82, 2.24) is 0 Å². The fraction of sp³-hybridized carbons (Fsp3) is 0.222. The van der Waals surface area contributed by atoms with E-state index in [2.05, 4.69) is 5.32 Å². The van der Waals surface area contributed by atoms with Crippen molar-refractivity contribution >= 4 is 35.1 Å². The normalized spacial score (nSPS) is 11.4. The highest BCUT2D eigenvalue weighted by Gasteiger charge is 2.22. The minimum absolute atomic E-state index is 0.0820. The van der Waals surface area contributed by atoms with Crippen molar-refractivity contribution in [2.24, 2.45) is 0 Å². The number of amides is 1. The van der Waals surface area contributed by atoms with E-state index in [1.54, 1.807) is 43.0 Å². The Bertz CT molecular complexity index is 1050. The Balaban J connectivity index is 1.39. The number of hydrogen-bond donors (Lipinski definition) is 1. The highest BCUT2D eigenvalue weighted by Crippen LogP contribution is 2.28. The van der Waals surface area contributed by atoms with E-state index in [1.807, 2.05) is 60.7 Å². The molecule has 0 spiro atoms. The van der Waals surface area contributed by atoms with Crippen molar-refractivity contribution in [3.63, 3.8) is 0 Å². The number of nitrogens with one attached hydrogen (secondary N) is 1. The van der Waals surface area contributed by atoms with Crippen LogP contribution in [-0.4, -0.2) is 23.8 Å². The topological polar surface area (TPSA) is 72.5 Å². The summed E-state index contributed by atoms with van der Waals surface area (Å²) in [7, 11) is 0. The number of carbonyl (C=O) groups is 3. The second-order valence-electron chi connectivity index (χ2n) is 7.46. The standard InChI is InChI=1S/C27H27NO4S/c1-2-24(27(31)20-10-5-3-6-11-20)32-26(30)15-9-14-25(29)28-21-16-18-23(19-17-21)33-22-12-7-4-8-13-22/h3-8,10-13,16-19,24H,2,9,14-15H2,1H3,(H,28,29). The molecule has 3 rings (SSSR count). The maximum Gasteiger partial charge on any atom is 0.306 e. The minimum Gasteiger partial charge on any atom is -0.454 e. The van der Waals surface area contributed by atoms with Crippen molar-refractivity contribution in [1.29, 1.82) is 0 Å². The summed E-state index contributed by atoms with van der Waals surface area (Å²) in [5, 5.41) is 2.84. The molecular formula is C27H27NO4S. The lowest BCUT2D eigenvalue weighted by atomic mass is 10.0. The molecule has 0 aliphatic carbocycles. The van der Waals surface area contributed by atoms with Crippen LogP contribution in [0.2, 0.25) is 0 Å². The van der Waals surface area contributed by atoms with Gasteiger partial charge in [-0.15, -0.1) is 0 Å². The van der Waals surface area contributed by atoms with Gasteiger partial charge in [-0.3, -0.25) is 14.4 Å². The molecule has 6 heteroatoms. The zero-order valence-corrected chi connectivity index (χ0v) is 19.3. The van der Waals surface area contributed by atoms with E-state index in [4.69, 9.17) is 4.74 Å². The molecule has 1 amide bonds. The number of benzene rings is 3. The van der Waals surface area contributed by atoms with Crippen LogP contribution in [0.4, 0.5) is 5.69 Å². The monoisotopic (exact) mass is 461 g/mol. The molecule has 0 heterocycles. The van der Waals surface area contributed by atoms with Gasteiger partial charge in [-0.25, -0.2) is 0 Å². The second-order valence-corrected chi connectivity index (χ2v) is 8.61. The molecule has 170 valence electrons. The van der Waals surface area contributed by atoms with Gasteiger partial charge in [-0.2, -0.15) is 0 Å². The van der Waals surface area contributed by atoms with Gasteiger partial charge in [0.05, 0.1) is 0 Å². The van der Waals surface area contributed by atoms with Crippen LogP contribution in [-0.2, 0) is 14.3 Å². The van der Waals surface area contributed by atoms with Crippen molar-refractivity contribution in [2.45, 2.75) is 48.5 Å². The second kappa shape index (κ2) is 12.6. The summed E-state index contributed by atoms with van der Waals surface area (Å²) in [4.78, 5) is 39.1. The molecule has 1 atom stereocenters. The molecule has 0 radical (unpaired) electrons. The molecule has 0 saturated carbocycles. The summed E-state index contributed by atoms with van der Waals surface area (Å²) in [6, 6.07) is 26.5. The van der Waals surface area contributed by atoms with Crippen LogP contribution < -0.4 is 5.32 Å². The Morgan fingerprint density at radius 3 is 2.06 bits per heavy atom. The zero-order valence-electron chi connectivity index (χ0n) is 18.5. The number of anilines is 1. The number of ether oxygens (including phenoxy) is 1. The van der Waals surface area contributed by atoms with Gasteiger partial charge in [0.25, 0.3) is 0 Å². The van der Waals surface area contributed by atoms with E-state index >= 15 is 0 Å². The van der Waals surface area contributed by atoms with Crippen molar-refractivity contribution < 1.29 is 19.1 Å². The fourth-order valence-corrected chi connectivity index (χ4v) is 4.01. The van der Waals surface area contributed by atoms with Gasteiger partial charge in [-0.1, -0.05) is 67.2 Å². The number of ketones is 1. The van der Waals surface area contributed by atoms with Gasteiger partial charge in [-0.05, 0) is 49.2 Å². The van der Waals surface area contributed by atoms with E-state index in [0.717, 1.165) is 9.79 Å². The summed E-state index contributed by atoms with van der Waals surface area (Å²) in [5.41, 5.74) is 1.23. The van der Waals surface area contributed by atoms with Crippen molar-refractivity contribution in [2.75, 3.05) is 5.32 Å². The van der Waals surface area contributed by atoms with E-state index in [1.165, 1.54) is 0 Å². The van der Waals surface area contributed by atoms with Gasteiger partial charge in [0.1, 0.15) is 0 Å². The van der Waals surface area contributed by atoms with E-state index in [-0.39, 0.29) is 24.5 Å². The lowest BCUT2D eigenvalue weighted by Crippen LogP contribution is -2.26. The molecule has 1 N–H and O–H groups in total. The summed E-state index contributed by atoms with van der Waals surface area (Å²) >= 11 is 1.65. The Morgan fingerprint density at radius 1 is 0.818 bits per heavy atom. The van der Waals surface area contributed by atoms with Crippen LogP contribution in [0.5, 0.6) is 0 Å². The third kappa shape index (κ3) is 7.91. The third-order valence-corrected chi connectivity index (χ3v) is 5.91. The molecule has 3 aromatic rings. The predicted molar refractivity (Wildman–Crippen MR) is 130 cm³/mol. The van der Waals surface area contributed by atoms with Crippen LogP contribution in [0.1, 0.15) is 43.0 Å². The van der Waals surface area contributed by atoms with Gasteiger partial charge in [0.2, 0.25) is 11.7 Å². The molecule has 0 fully saturated rings. The Morgan fingerprint density at radius 2 is 1.42 bits per heavy atom. The Kier molecular flexibility index (Phi) is 9.27. The molecule has 0 saturated heterocycles. The molecule has 3 aromatic carbocycles. The average molecular weight is 462 g/mol. The maximum atomic E-state index is 12.5. The maximum absolute atomic E-state index is 12.5. The lowest BCUT2D eigenvalue weighted by molar-refractivity contribution is -0.147. The fourth-order valence-electron chi connectivity index (χ4n) is 3.18. The first kappa shape index (κ1) is 24.3. The first-order valence-corrected chi connectivity index (χ1v) is 11.8. The van der Waals surface area contributed by atoms with E-state index < -0.39 is 12.1 Å². The summed E-state index contributed by atoms with van der Waals surface area (Å²) in [6.45, 7) is 1.80. The SMILES string of the molecule is CCC(OC(=O)CCCC(=O)Nc1ccc(Sc2ccccc2)cc1)C(=O)c1ccccc1. The highest BCUT2D eigenvalue weighted by atomic mass is 32.2. The van der Waals surface area contributed by atoms with Gasteiger partial charge in [0, 0.05) is 33.9 Å². The largest absolute Gasteiger partial charge is 0.454 e. The van der Waals surface area contributed by atoms with Gasteiger partial charge >= 0.3 is 5.97 Å². The average Bonchev–Trinajstić information content (AvgIpc) is 2.84. The number of Topliss-reactive ketones (excluding diaryl/α,β-unsaturated/α-hetero) is 1. The third-order valence-electron chi connectivity index (χ3n) is 4.90. The van der Waals surface area contributed by atoms with Crippen LogP contribution >= 0.6 is 11.8 Å². The molecule has 0 aliphatic heterocycles. The number of esters is 1. The first-order valence-electron chi connectivity index (χ1n) is 11.0. The quantitative estimate of drug-likeness (QED) is 0.274. The van der Waals surface area contributed by atoms with Crippen molar-refractivity contribution in [3.8, 4) is 0 Å². The molecular weight excluding hydrogens is 434 g/mol. The minimum atomic E-state index is -0.805. The summed E-state index contributed by atoms with van der Waals surface area (Å²) in [6.07, 6.45) is 0.222. The van der Waals surface area contributed by atoms with Crippen LogP contribution in [0.15, 0.2) is 94.7 Å². The number of rotatable bonds is 11. The van der Waals surface area contributed by atoms with Gasteiger partial charge < -0.3 is 10.1 Å².